The van der Waals surface area contributed by atoms with E-state index in [4.69, 9.17) is 18.9 Å². The molecule has 0 bridgehead atoms. The third-order valence-corrected chi connectivity index (χ3v) is 6.31. The van der Waals surface area contributed by atoms with Crippen LogP contribution in [0.3, 0.4) is 0 Å². The average molecular weight is 428 g/mol. The minimum atomic E-state index is 0.227. The fraction of sp³-hybridized carbons (Fsp3) is 0.640. The molecule has 2 fully saturated rings. The molecule has 0 N–H and O–H groups in total. The highest BCUT2D eigenvalue weighted by molar-refractivity contribution is 5.44. The van der Waals surface area contributed by atoms with Gasteiger partial charge in [0.15, 0.2) is 0 Å². The summed E-state index contributed by atoms with van der Waals surface area (Å²) >= 11 is 0. The number of aromatic nitrogens is 1. The largest absolute Gasteiger partial charge is 0.423 e. The molecule has 31 heavy (non-hydrogen) atoms. The van der Waals surface area contributed by atoms with E-state index in [2.05, 4.69) is 47.1 Å². The fourth-order valence-corrected chi connectivity index (χ4v) is 4.54. The van der Waals surface area contributed by atoms with Crippen LogP contribution in [0.5, 0.6) is 0 Å². The Morgan fingerprint density at radius 3 is 2.32 bits per heavy atom. The molecular weight excluding hydrogens is 390 g/mol. The minimum absolute atomic E-state index is 0.227. The number of hydrogen-bond donors (Lipinski definition) is 0. The van der Waals surface area contributed by atoms with E-state index in [-0.39, 0.29) is 6.04 Å². The number of rotatable bonds is 10. The Hall–Kier alpha value is -1.89. The van der Waals surface area contributed by atoms with Crippen LogP contribution >= 0.6 is 0 Å². The maximum absolute atomic E-state index is 6.58. The molecule has 2 aliphatic heterocycles. The van der Waals surface area contributed by atoms with Crippen LogP contribution in [-0.2, 0) is 15.9 Å². The van der Waals surface area contributed by atoms with Gasteiger partial charge in [-0.3, -0.25) is 4.90 Å². The molecule has 1 unspecified atom stereocenters. The van der Waals surface area contributed by atoms with Gasteiger partial charge in [-0.25, -0.2) is 4.98 Å². The second kappa shape index (κ2) is 11.7. The van der Waals surface area contributed by atoms with Gasteiger partial charge in [-0.15, -0.1) is 0 Å². The predicted octanol–water partition coefficient (Wildman–Crippen LogP) is 4.45. The maximum Gasteiger partial charge on any atom is 0.220 e. The number of oxazole rings is 1. The summed E-state index contributed by atoms with van der Waals surface area (Å²) in [4.78, 5) is 9.95. The average Bonchev–Trinajstić information content (AvgIpc) is 3.24. The van der Waals surface area contributed by atoms with Gasteiger partial charge in [-0.05, 0) is 12.0 Å². The van der Waals surface area contributed by atoms with Gasteiger partial charge in [0.05, 0.1) is 32.5 Å². The molecular formula is C25H37N3O3. The molecule has 1 aromatic heterocycles. The summed E-state index contributed by atoms with van der Waals surface area (Å²) in [5.41, 5.74) is 2.32. The quantitative estimate of drug-likeness (QED) is 0.522. The highest BCUT2D eigenvalue weighted by Crippen LogP contribution is 2.33. The molecule has 4 rings (SSSR count). The molecule has 170 valence electrons. The lowest BCUT2D eigenvalue weighted by Gasteiger charge is -2.33. The molecule has 1 aromatic carbocycles. The number of benzene rings is 1. The molecule has 2 saturated heterocycles. The third kappa shape index (κ3) is 6.09. The lowest BCUT2D eigenvalue weighted by molar-refractivity contribution is 0.00776. The van der Waals surface area contributed by atoms with Gasteiger partial charge in [0, 0.05) is 32.6 Å². The summed E-state index contributed by atoms with van der Waals surface area (Å²) in [6.07, 6.45) is 6.91. The SMILES string of the molecule is CCCCCCC(c1nc(Cc2ccccc2)c(N2CCOCC2)o1)N1CCOCC1. The number of hydrogen-bond acceptors (Lipinski definition) is 6. The Labute approximate surface area is 186 Å². The Morgan fingerprint density at radius 2 is 1.61 bits per heavy atom. The Bertz CT molecular complexity index is 768. The molecule has 0 spiro atoms. The van der Waals surface area contributed by atoms with E-state index in [9.17, 15) is 0 Å². The zero-order chi connectivity index (χ0) is 21.3. The van der Waals surface area contributed by atoms with Crippen LogP contribution in [0.25, 0.3) is 0 Å². The number of anilines is 1. The minimum Gasteiger partial charge on any atom is -0.423 e. The molecule has 2 aromatic rings. The first-order chi connectivity index (χ1) is 15.3. The number of ether oxygens (including phenoxy) is 2. The summed E-state index contributed by atoms with van der Waals surface area (Å²) in [6.45, 7) is 8.93. The summed E-state index contributed by atoms with van der Waals surface area (Å²) in [6, 6.07) is 10.8. The van der Waals surface area contributed by atoms with Crippen molar-refractivity contribution in [3.63, 3.8) is 0 Å². The molecule has 0 amide bonds. The molecule has 1 atom stereocenters. The van der Waals surface area contributed by atoms with Crippen LogP contribution in [-0.4, -0.2) is 62.5 Å². The number of unbranched alkanes of at least 4 members (excludes halogenated alkanes) is 3. The second-order valence-corrected chi connectivity index (χ2v) is 8.58. The maximum atomic E-state index is 6.58. The number of nitrogens with zero attached hydrogens (tertiary/aromatic N) is 3. The van der Waals surface area contributed by atoms with Crippen LogP contribution in [0, 0.1) is 0 Å². The molecule has 0 radical (unpaired) electrons. The Morgan fingerprint density at radius 1 is 0.903 bits per heavy atom. The number of morpholine rings is 2. The molecule has 6 nitrogen and oxygen atoms in total. The molecule has 0 aliphatic carbocycles. The lowest BCUT2D eigenvalue weighted by atomic mass is 10.1. The first-order valence-corrected chi connectivity index (χ1v) is 12.0. The van der Waals surface area contributed by atoms with Crippen molar-refractivity contribution < 1.29 is 13.9 Å². The zero-order valence-corrected chi connectivity index (χ0v) is 18.9. The zero-order valence-electron chi connectivity index (χ0n) is 18.9. The van der Waals surface area contributed by atoms with Gasteiger partial charge in [0.2, 0.25) is 11.8 Å². The normalized spacial score (nSPS) is 18.9. The van der Waals surface area contributed by atoms with Crippen LogP contribution in [0.1, 0.15) is 62.2 Å². The van der Waals surface area contributed by atoms with Crippen molar-refractivity contribution in [2.24, 2.45) is 0 Å². The van der Waals surface area contributed by atoms with Gasteiger partial charge in [0.1, 0.15) is 5.69 Å². The van der Waals surface area contributed by atoms with Crippen molar-refractivity contribution in [3.8, 4) is 0 Å². The van der Waals surface area contributed by atoms with Crippen molar-refractivity contribution in [1.29, 1.82) is 0 Å². The van der Waals surface area contributed by atoms with E-state index in [0.29, 0.717) is 0 Å². The van der Waals surface area contributed by atoms with Crippen LogP contribution in [0.2, 0.25) is 0 Å². The molecule has 0 saturated carbocycles. The first-order valence-electron chi connectivity index (χ1n) is 12.0. The summed E-state index contributed by atoms with van der Waals surface area (Å²) in [7, 11) is 0. The first kappa shape index (κ1) is 22.3. The van der Waals surface area contributed by atoms with Gasteiger partial charge in [0.25, 0.3) is 0 Å². The van der Waals surface area contributed by atoms with Crippen molar-refractivity contribution in [2.75, 3.05) is 57.5 Å². The van der Waals surface area contributed by atoms with Crippen LogP contribution in [0.15, 0.2) is 34.7 Å². The van der Waals surface area contributed by atoms with E-state index >= 15 is 0 Å². The lowest BCUT2D eigenvalue weighted by Crippen LogP contribution is -2.39. The van der Waals surface area contributed by atoms with E-state index < -0.39 is 0 Å². The Balaban J connectivity index is 1.59. The van der Waals surface area contributed by atoms with Crippen LogP contribution in [0.4, 0.5) is 5.88 Å². The van der Waals surface area contributed by atoms with Crippen molar-refractivity contribution in [3.05, 3.63) is 47.5 Å². The van der Waals surface area contributed by atoms with E-state index in [1.54, 1.807) is 0 Å². The molecule has 6 heteroatoms. The molecule has 3 heterocycles. The van der Waals surface area contributed by atoms with Gasteiger partial charge in [-0.1, -0.05) is 62.9 Å². The van der Waals surface area contributed by atoms with Crippen molar-refractivity contribution >= 4 is 5.88 Å². The third-order valence-electron chi connectivity index (χ3n) is 6.31. The summed E-state index contributed by atoms with van der Waals surface area (Å²) in [5, 5.41) is 0. The van der Waals surface area contributed by atoms with Crippen molar-refractivity contribution in [2.45, 2.75) is 51.5 Å². The second-order valence-electron chi connectivity index (χ2n) is 8.58. The fourth-order valence-electron chi connectivity index (χ4n) is 4.54. The highest BCUT2D eigenvalue weighted by Gasteiger charge is 2.30. The summed E-state index contributed by atoms with van der Waals surface area (Å²) in [5.74, 6) is 1.82. The van der Waals surface area contributed by atoms with Gasteiger partial charge < -0.3 is 18.8 Å². The monoisotopic (exact) mass is 427 g/mol. The van der Waals surface area contributed by atoms with Crippen molar-refractivity contribution in [1.82, 2.24) is 9.88 Å². The molecule has 2 aliphatic rings. The van der Waals surface area contributed by atoms with Crippen LogP contribution < -0.4 is 4.90 Å². The predicted molar refractivity (Wildman–Crippen MR) is 123 cm³/mol. The van der Waals surface area contributed by atoms with E-state index in [1.807, 2.05) is 0 Å². The standard InChI is InChI=1S/C25H37N3O3/c1-2-3-4-8-11-23(27-12-16-29-17-13-27)24-26-22(20-21-9-6-5-7-10-21)25(31-24)28-14-18-30-19-15-28/h5-7,9-10,23H,2-4,8,11-20H2,1H3. The van der Waals surface area contributed by atoms with Gasteiger partial charge >= 0.3 is 0 Å². The summed E-state index contributed by atoms with van der Waals surface area (Å²) < 4.78 is 17.8. The Kier molecular flexibility index (Phi) is 8.38. The highest BCUT2D eigenvalue weighted by atomic mass is 16.5. The topological polar surface area (TPSA) is 51.0 Å². The van der Waals surface area contributed by atoms with E-state index in [0.717, 1.165) is 82.9 Å². The smallest absolute Gasteiger partial charge is 0.220 e. The van der Waals surface area contributed by atoms with E-state index in [1.165, 1.54) is 31.2 Å². The van der Waals surface area contributed by atoms with Gasteiger partial charge in [-0.2, -0.15) is 0 Å².